The predicted molar refractivity (Wildman–Crippen MR) is 150 cm³/mol. The first-order valence-electron chi connectivity index (χ1n) is 13.5. The molecule has 1 aliphatic heterocycles. The zero-order chi connectivity index (χ0) is 27.7. The normalized spacial score (nSPS) is 22.2. The Labute approximate surface area is 226 Å². The van der Waals surface area contributed by atoms with Crippen LogP contribution in [0.25, 0.3) is 0 Å². The monoisotopic (exact) mass is 525 g/mol. The predicted octanol–water partition coefficient (Wildman–Crippen LogP) is 4.30. The van der Waals surface area contributed by atoms with Crippen LogP contribution in [0.2, 0.25) is 0 Å². The number of amides is 2. The highest BCUT2D eigenvalue weighted by Gasteiger charge is 2.30. The quantitative estimate of drug-likeness (QED) is 0.585. The van der Waals surface area contributed by atoms with Crippen LogP contribution in [-0.2, 0) is 4.74 Å². The van der Waals surface area contributed by atoms with Gasteiger partial charge in [0.2, 0.25) is 0 Å². The van der Waals surface area contributed by atoms with Crippen molar-refractivity contribution in [3.05, 3.63) is 59.7 Å². The number of carbonyl (C=O) groups is 2. The van der Waals surface area contributed by atoms with E-state index < -0.39 is 6.04 Å². The van der Waals surface area contributed by atoms with E-state index in [2.05, 4.69) is 17.1 Å². The van der Waals surface area contributed by atoms with Crippen LogP contribution in [-0.4, -0.2) is 85.4 Å². The van der Waals surface area contributed by atoms with Crippen LogP contribution in [0.1, 0.15) is 60.7 Å². The summed E-state index contributed by atoms with van der Waals surface area (Å²) in [4.78, 5) is 30.6. The molecular formula is C30H43N3O5. The van der Waals surface area contributed by atoms with Gasteiger partial charge in [0.05, 0.1) is 30.4 Å². The van der Waals surface area contributed by atoms with Gasteiger partial charge in [-0.2, -0.15) is 0 Å². The number of anilines is 1. The number of benzene rings is 2. The van der Waals surface area contributed by atoms with Crippen LogP contribution < -0.4 is 10.1 Å². The molecule has 8 heteroatoms. The van der Waals surface area contributed by atoms with Crippen molar-refractivity contribution in [1.29, 1.82) is 0 Å². The summed E-state index contributed by atoms with van der Waals surface area (Å²) in [6.45, 7) is 7.54. The lowest BCUT2D eigenvalue weighted by molar-refractivity contribution is -0.0137. The summed E-state index contributed by atoms with van der Waals surface area (Å²) in [5.41, 5.74) is 1.39. The molecule has 0 aromatic heterocycles. The molecule has 2 aromatic rings. The van der Waals surface area contributed by atoms with E-state index in [1.807, 2.05) is 34.0 Å². The Bertz CT molecular complexity index is 1050. The summed E-state index contributed by atoms with van der Waals surface area (Å²) in [6, 6.07) is 13.7. The van der Waals surface area contributed by atoms with Gasteiger partial charge < -0.3 is 29.7 Å². The number of aliphatic hydroxyl groups is 1. The second-order valence-corrected chi connectivity index (χ2v) is 10.6. The molecule has 1 aliphatic rings. The summed E-state index contributed by atoms with van der Waals surface area (Å²) in [5, 5.41) is 12.9. The molecule has 4 atom stereocenters. The van der Waals surface area contributed by atoms with Crippen molar-refractivity contribution in [3.8, 4) is 5.75 Å². The standard InChI is InChI=1S/C30H43N3O5/c1-21-18-33(22(2)20-34)30(36)26-17-25(31-29(35)24-12-7-6-8-13-24)14-15-27(26)38-23(3)11-9-10-16-37-28(21)19-32(4)5/h6-8,12-15,17,21-23,28,34H,9-11,16,18-20H2,1-5H3,(H,31,35)/t21-,22-,23-,28+/m0/s1. The molecule has 8 nitrogen and oxygen atoms in total. The summed E-state index contributed by atoms with van der Waals surface area (Å²) in [5.74, 6) is -0.00756. The highest BCUT2D eigenvalue weighted by Crippen LogP contribution is 2.28. The molecule has 1 heterocycles. The Hall–Kier alpha value is -2.94. The molecule has 2 aromatic carbocycles. The molecule has 0 saturated heterocycles. The Balaban J connectivity index is 1.98. The minimum absolute atomic E-state index is 0.0301. The van der Waals surface area contributed by atoms with Gasteiger partial charge in [-0.3, -0.25) is 9.59 Å². The molecule has 0 saturated carbocycles. The zero-order valence-electron chi connectivity index (χ0n) is 23.4. The van der Waals surface area contributed by atoms with Crippen molar-refractivity contribution in [2.75, 3.05) is 45.7 Å². The largest absolute Gasteiger partial charge is 0.490 e. The van der Waals surface area contributed by atoms with E-state index in [4.69, 9.17) is 9.47 Å². The van der Waals surface area contributed by atoms with Crippen LogP contribution in [0.15, 0.2) is 48.5 Å². The molecule has 0 unspecified atom stereocenters. The number of likely N-dealkylation sites (N-methyl/N-ethyl adjacent to an activating group) is 1. The highest BCUT2D eigenvalue weighted by atomic mass is 16.5. The van der Waals surface area contributed by atoms with Crippen molar-refractivity contribution in [1.82, 2.24) is 9.80 Å². The Morgan fingerprint density at radius 2 is 1.89 bits per heavy atom. The molecule has 0 spiro atoms. The lowest BCUT2D eigenvalue weighted by Gasteiger charge is -2.35. The van der Waals surface area contributed by atoms with Gasteiger partial charge in [-0.25, -0.2) is 0 Å². The first-order valence-corrected chi connectivity index (χ1v) is 13.5. The average molecular weight is 526 g/mol. The number of hydrogen-bond acceptors (Lipinski definition) is 6. The maximum Gasteiger partial charge on any atom is 0.258 e. The smallest absolute Gasteiger partial charge is 0.258 e. The maximum atomic E-state index is 14.1. The molecule has 38 heavy (non-hydrogen) atoms. The zero-order valence-corrected chi connectivity index (χ0v) is 23.4. The number of fused-ring (bicyclic) bond motifs is 1. The minimum atomic E-state index is -0.411. The summed E-state index contributed by atoms with van der Waals surface area (Å²) in [6.07, 6.45) is 2.55. The number of nitrogens with zero attached hydrogens (tertiary/aromatic N) is 2. The van der Waals surface area contributed by atoms with Crippen LogP contribution >= 0.6 is 0 Å². The maximum absolute atomic E-state index is 14.1. The lowest BCUT2D eigenvalue weighted by Crippen LogP contribution is -2.47. The number of aliphatic hydroxyl groups excluding tert-OH is 1. The van der Waals surface area contributed by atoms with Gasteiger partial charge in [0.25, 0.3) is 11.8 Å². The van der Waals surface area contributed by atoms with Crippen molar-refractivity contribution in [2.24, 2.45) is 5.92 Å². The SMILES string of the molecule is C[C@H]1CCCCO[C@H](CN(C)C)[C@@H](C)CN([C@@H](C)CO)C(=O)c2cc(NC(=O)c3ccccc3)ccc2O1. The number of carbonyl (C=O) groups excluding carboxylic acids is 2. The van der Waals surface area contributed by atoms with Crippen LogP contribution in [0.5, 0.6) is 5.75 Å². The van der Waals surface area contributed by atoms with E-state index >= 15 is 0 Å². The second kappa shape index (κ2) is 14.3. The van der Waals surface area contributed by atoms with Crippen LogP contribution in [0.4, 0.5) is 5.69 Å². The summed E-state index contributed by atoms with van der Waals surface area (Å²) < 4.78 is 12.5. The molecule has 0 bridgehead atoms. The van der Waals surface area contributed by atoms with Crippen molar-refractivity contribution >= 4 is 17.5 Å². The fourth-order valence-corrected chi connectivity index (χ4v) is 4.62. The summed E-state index contributed by atoms with van der Waals surface area (Å²) >= 11 is 0. The van der Waals surface area contributed by atoms with E-state index in [1.165, 1.54) is 0 Å². The fraction of sp³-hybridized carbons (Fsp3) is 0.533. The fourth-order valence-electron chi connectivity index (χ4n) is 4.62. The van der Waals surface area contributed by atoms with Gasteiger partial charge in [-0.15, -0.1) is 0 Å². The molecule has 2 amide bonds. The third-order valence-corrected chi connectivity index (χ3v) is 6.89. The van der Waals surface area contributed by atoms with Gasteiger partial charge >= 0.3 is 0 Å². The van der Waals surface area contributed by atoms with Gasteiger partial charge in [0.15, 0.2) is 0 Å². The number of rotatable bonds is 6. The minimum Gasteiger partial charge on any atom is -0.490 e. The first-order chi connectivity index (χ1) is 18.2. The van der Waals surface area contributed by atoms with Gasteiger partial charge in [-0.1, -0.05) is 25.1 Å². The third-order valence-electron chi connectivity index (χ3n) is 6.89. The van der Waals surface area contributed by atoms with Crippen molar-refractivity contribution in [3.63, 3.8) is 0 Å². The van der Waals surface area contributed by atoms with E-state index in [9.17, 15) is 14.7 Å². The lowest BCUT2D eigenvalue weighted by atomic mass is 10.0. The van der Waals surface area contributed by atoms with E-state index in [1.54, 1.807) is 47.4 Å². The molecule has 2 N–H and O–H groups in total. The van der Waals surface area contributed by atoms with E-state index in [0.717, 1.165) is 25.8 Å². The highest BCUT2D eigenvalue weighted by molar-refractivity contribution is 6.05. The van der Waals surface area contributed by atoms with E-state index in [-0.39, 0.29) is 36.5 Å². The summed E-state index contributed by atoms with van der Waals surface area (Å²) in [7, 11) is 4.03. The average Bonchev–Trinajstić information content (AvgIpc) is 2.90. The number of nitrogens with one attached hydrogen (secondary N) is 1. The first kappa shape index (κ1) is 29.6. The molecule has 0 aliphatic carbocycles. The Morgan fingerprint density at radius 3 is 2.58 bits per heavy atom. The van der Waals surface area contributed by atoms with Gasteiger partial charge in [0, 0.05) is 36.9 Å². The molecule has 208 valence electrons. The molecule has 3 rings (SSSR count). The van der Waals surface area contributed by atoms with Crippen LogP contribution in [0.3, 0.4) is 0 Å². The second-order valence-electron chi connectivity index (χ2n) is 10.6. The Kier molecular flexibility index (Phi) is 11.1. The Morgan fingerprint density at radius 1 is 1.16 bits per heavy atom. The number of hydrogen-bond donors (Lipinski definition) is 2. The van der Waals surface area contributed by atoms with Crippen molar-refractivity contribution in [2.45, 2.75) is 58.3 Å². The van der Waals surface area contributed by atoms with E-state index in [0.29, 0.717) is 35.7 Å². The topological polar surface area (TPSA) is 91.3 Å². The molecule has 0 fully saturated rings. The molecular weight excluding hydrogens is 482 g/mol. The van der Waals surface area contributed by atoms with Crippen LogP contribution in [0, 0.1) is 5.92 Å². The van der Waals surface area contributed by atoms with Gasteiger partial charge in [-0.05, 0) is 77.5 Å². The number of ether oxygens (including phenoxy) is 2. The molecule has 0 radical (unpaired) electrons. The van der Waals surface area contributed by atoms with Gasteiger partial charge in [0.1, 0.15) is 5.75 Å². The third kappa shape index (κ3) is 8.28. The van der Waals surface area contributed by atoms with Crippen molar-refractivity contribution < 1.29 is 24.2 Å².